The second-order valence-corrected chi connectivity index (χ2v) is 5.61. The second kappa shape index (κ2) is 6.03. The zero-order chi connectivity index (χ0) is 14.0. The van der Waals surface area contributed by atoms with Crippen molar-refractivity contribution < 1.29 is 0 Å². The van der Waals surface area contributed by atoms with Gasteiger partial charge in [-0.3, -0.25) is 0 Å². The van der Waals surface area contributed by atoms with Crippen molar-refractivity contribution in [2.24, 2.45) is 0 Å². The van der Waals surface area contributed by atoms with Gasteiger partial charge in [-0.05, 0) is 42.4 Å². The molecule has 2 aromatic rings. The normalized spacial score (nSPS) is 11.0. The first-order valence-corrected chi connectivity index (χ1v) is 7.29. The minimum Gasteiger partial charge on any atom is -0.313 e. The molecule has 0 amide bonds. The summed E-state index contributed by atoms with van der Waals surface area (Å²) in [7, 11) is 0. The van der Waals surface area contributed by atoms with E-state index in [0.29, 0.717) is 5.02 Å². The minimum atomic E-state index is 0.694. The van der Waals surface area contributed by atoms with Gasteiger partial charge in [0.25, 0.3) is 0 Å². The highest BCUT2D eigenvalue weighted by atomic mass is 79.9. The molecule has 0 aromatic carbocycles. The fraction of sp³-hybridized carbons (Fsp3) is 0.385. The van der Waals surface area contributed by atoms with Gasteiger partial charge >= 0.3 is 0 Å². The Labute approximate surface area is 126 Å². The third-order valence-electron chi connectivity index (χ3n) is 2.88. The maximum absolute atomic E-state index is 6.20. The molecule has 2 rings (SSSR count). The predicted octanol–water partition coefficient (Wildman–Crippen LogP) is 3.41. The number of aromatic nitrogens is 3. The molecule has 0 aliphatic carbocycles. The molecule has 0 aliphatic heterocycles. The van der Waals surface area contributed by atoms with Gasteiger partial charge in [0.2, 0.25) is 0 Å². The first-order valence-electron chi connectivity index (χ1n) is 6.11. The Hall–Kier alpha value is -0.910. The van der Waals surface area contributed by atoms with E-state index < -0.39 is 0 Å². The average Bonchev–Trinajstić information content (AvgIpc) is 2.64. The smallest absolute Gasteiger partial charge is 0.158 e. The van der Waals surface area contributed by atoms with E-state index in [1.165, 1.54) is 0 Å². The second-order valence-electron chi connectivity index (χ2n) is 4.31. The number of aryl methyl sites for hydroxylation is 1. The first-order chi connectivity index (χ1) is 9.04. The van der Waals surface area contributed by atoms with E-state index in [1.807, 2.05) is 13.8 Å². The quantitative estimate of drug-likeness (QED) is 0.925. The van der Waals surface area contributed by atoms with Gasteiger partial charge in [-0.25, -0.2) is 9.67 Å². The van der Waals surface area contributed by atoms with Crippen LogP contribution < -0.4 is 5.32 Å². The number of pyridine rings is 1. The highest BCUT2D eigenvalue weighted by molar-refractivity contribution is 9.10. The molecule has 0 bridgehead atoms. The van der Waals surface area contributed by atoms with E-state index >= 15 is 0 Å². The van der Waals surface area contributed by atoms with Crippen molar-refractivity contribution in [3.8, 4) is 5.82 Å². The molecular weight excluding hydrogens is 328 g/mol. The summed E-state index contributed by atoms with van der Waals surface area (Å²) in [5, 5.41) is 8.46. The molecule has 1 N–H and O–H groups in total. The van der Waals surface area contributed by atoms with Gasteiger partial charge in [0, 0.05) is 22.8 Å². The topological polar surface area (TPSA) is 42.7 Å². The number of nitrogens with zero attached hydrogens (tertiary/aromatic N) is 3. The fourth-order valence-corrected chi connectivity index (χ4v) is 2.38. The maximum Gasteiger partial charge on any atom is 0.158 e. The Morgan fingerprint density at radius 2 is 2.16 bits per heavy atom. The summed E-state index contributed by atoms with van der Waals surface area (Å²) in [5.74, 6) is 0.816. The van der Waals surface area contributed by atoms with Gasteiger partial charge in [0.15, 0.2) is 5.82 Å². The molecule has 0 aliphatic rings. The van der Waals surface area contributed by atoms with Crippen LogP contribution in [-0.4, -0.2) is 21.3 Å². The molecule has 0 saturated heterocycles. The van der Waals surface area contributed by atoms with Gasteiger partial charge in [-0.15, -0.1) is 0 Å². The van der Waals surface area contributed by atoms with Crippen LogP contribution in [0.4, 0.5) is 0 Å². The highest BCUT2D eigenvalue weighted by Gasteiger charge is 2.14. The van der Waals surface area contributed by atoms with Crippen molar-refractivity contribution in [2.75, 3.05) is 6.54 Å². The zero-order valence-electron chi connectivity index (χ0n) is 11.2. The molecule has 2 aromatic heterocycles. The molecule has 0 radical (unpaired) electrons. The third kappa shape index (κ3) is 2.99. The predicted molar refractivity (Wildman–Crippen MR) is 80.9 cm³/mol. The number of hydrogen-bond donors (Lipinski definition) is 1. The largest absolute Gasteiger partial charge is 0.313 e. The maximum atomic E-state index is 6.20. The van der Waals surface area contributed by atoms with Crippen LogP contribution in [0.3, 0.4) is 0 Å². The van der Waals surface area contributed by atoms with Crippen molar-refractivity contribution in [3.05, 3.63) is 38.7 Å². The molecule has 0 atom stereocenters. The van der Waals surface area contributed by atoms with Gasteiger partial charge in [-0.2, -0.15) is 5.10 Å². The summed E-state index contributed by atoms with van der Waals surface area (Å²) in [6, 6.07) is 2.05. The molecule has 19 heavy (non-hydrogen) atoms. The lowest BCUT2D eigenvalue weighted by Gasteiger charge is -2.11. The lowest BCUT2D eigenvalue weighted by molar-refractivity contribution is 0.704. The summed E-state index contributed by atoms with van der Waals surface area (Å²) in [6.45, 7) is 7.57. The Morgan fingerprint density at radius 3 is 2.74 bits per heavy atom. The van der Waals surface area contributed by atoms with Crippen molar-refractivity contribution in [1.82, 2.24) is 20.1 Å². The van der Waals surface area contributed by atoms with Gasteiger partial charge in [-0.1, -0.05) is 18.5 Å². The molecule has 2 heterocycles. The van der Waals surface area contributed by atoms with E-state index in [2.05, 4.69) is 44.3 Å². The van der Waals surface area contributed by atoms with Gasteiger partial charge in [0.05, 0.1) is 16.4 Å². The van der Waals surface area contributed by atoms with Crippen LogP contribution in [0.5, 0.6) is 0 Å². The van der Waals surface area contributed by atoms with E-state index in [-0.39, 0.29) is 0 Å². The number of nitrogens with one attached hydrogen (secondary N) is 1. The average molecular weight is 344 g/mol. The molecule has 0 saturated carbocycles. The number of halogens is 2. The van der Waals surface area contributed by atoms with Gasteiger partial charge in [0.1, 0.15) is 0 Å². The summed E-state index contributed by atoms with van der Waals surface area (Å²) < 4.78 is 2.76. The standard InChI is InChI=1S/C13H16BrClN4/c1-4-16-6-10-5-11(14)7-17-13(10)19-9(3)12(15)8(2)18-19/h5,7,16H,4,6H2,1-3H3. The summed E-state index contributed by atoms with van der Waals surface area (Å²) in [6.07, 6.45) is 1.77. The Bertz CT molecular complexity index is 595. The fourth-order valence-electron chi connectivity index (χ4n) is 1.88. The molecular formula is C13H16BrClN4. The van der Waals surface area contributed by atoms with Crippen LogP contribution in [-0.2, 0) is 6.54 Å². The molecule has 0 unspecified atom stereocenters. The molecule has 6 heteroatoms. The van der Waals surface area contributed by atoms with Crippen molar-refractivity contribution in [1.29, 1.82) is 0 Å². The van der Waals surface area contributed by atoms with Crippen LogP contribution >= 0.6 is 27.5 Å². The van der Waals surface area contributed by atoms with Crippen LogP contribution in [0.25, 0.3) is 5.82 Å². The molecule has 102 valence electrons. The van der Waals surface area contributed by atoms with E-state index in [1.54, 1.807) is 10.9 Å². The third-order valence-corrected chi connectivity index (χ3v) is 3.86. The lowest BCUT2D eigenvalue weighted by Crippen LogP contribution is -2.15. The zero-order valence-corrected chi connectivity index (χ0v) is 13.5. The molecule has 0 spiro atoms. The summed E-state index contributed by atoms with van der Waals surface area (Å²) in [4.78, 5) is 4.47. The van der Waals surface area contributed by atoms with Crippen molar-refractivity contribution in [2.45, 2.75) is 27.3 Å². The Morgan fingerprint density at radius 1 is 1.42 bits per heavy atom. The Kier molecular flexibility index (Phi) is 4.60. The summed E-state index contributed by atoms with van der Waals surface area (Å²) >= 11 is 9.65. The minimum absolute atomic E-state index is 0.694. The Balaban J connectivity index is 2.51. The summed E-state index contributed by atoms with van der Waals surface area (Å²) in [5.41, 5.74) is 2.81. The van der Waals surface area contributed by atoms with Crippen LogP contribution in [0.1, 0.15) is 23.9 Å². The number of rotatable bonds is 4. The SMILES string of the molecule is CCNCc1cc(Br)cnc1-n1nc(C)c(Cl)c1C. The van der Waals surface area contributed by atoms with E-state index in [4.69, 9.17) is 11.6 Å². The van der Waals surface area contributed by atoms with E-state index in [9.17, 15) is 0 Å². The van der Waals surface area contributed by atoms with Crippen LogP contribution in [0.2, 0.25) is 5.02 Å². The first kappa shape index (κ1) is 14.5. The van der Waals surface area contributed by atoms with Gasteiger partial charge < -0.3 is 5.32 Å². The molecule has 4 nitrogen and oxygen atoms in total. The monoisotopic (exact) mass is 342 g/mol. The van der Waals surface area contributed by atoms with Crippen molar-refractivity contribution >= 4 is 27.5 Å². The molecule has 0 fully saturated rings. The highest BCUT2D eigenvalue weighted by Crippen LogP contribution is 2.24. The van der Waals surface area contributed by atoms with Crippen LogP contribution in [0.15, 0.2) is 16.7 Å². The van der Waals surface area contributed by atoms with Crippen LogP contribution in [0, 0.1) is 13.8 Å². The van der Waals surface area contributed by atoms with Crippen molar-refractivity contribution in [3.63, 3.8) is 0 Å². The van der Waals surface area contributed by atoms with E-state index in [0.717, 1.165) is 40.3 Å². The number of hydrogen-bond acceptors (Lipinski definition) is 3. The lowest BCUT2D eigenvalue weighted by atomic mass is 10.2.